The number of sulfonamides is 1. The van der Waals surface area contributed by atoms with Gasteiger partial charge in [-0.1, -0.05) is 0 Å². The van der Waals surface area contributed by atoms with Gasteiger partial charge >= 0.3 is 5.97 Å². The van der Waals surface area contributed by atoms with Crippen LogP contribution in [-0.4, -0.2) is 61.7 Å². The molecule has 2 aliphatic carbocycles. The van der Waals surface area contributed by atoms with E-state index in [4.69, 9.17) is 9.84 Å². The lowest BCUT2D eigenvalue weighted by Crippen LogP contribution is -2.55. The number of carboxylic acids is 1. The second kappa shape index (κ2) is 7.27. The van der Waals surface area contributed by atoms with Crippen LogP contribution in [-0.2, 0) is 14.8 Å². The molecule has 1 heterocycles. The molecule has 0 aliphatic heterocycles. The first-order chi connectivity index (χ1) is 11.9. The van der Waals surface area contributed by atoms with Crippen LogP contribution < -0.4 is 9.46 Å². The van der Waals surface area contributed by atoms with Gasteiger partial charge in [-0.3, -0.25) is 9.69 Å². The normalized spacial score (nSPS) is 23.3. The van der Waals surface area contributed by atoms with Crippen molar-refractivity contribution in [3.63, 3.8) is 0 Å². The summed E-state index contributed by atoms with van der Waals surface area (Å²) in [6.07, 6.45) is 4.83. The van der Waals surface area contributed by atoms with E-state index in [0.717, 1.165) is 19.4 Å². The Morgan fingerprint density at radius 1 is 1.40 bits per heavy atom. The molecule has 0 atom stereocenters. The number of aromatic nitrogens is 1. The fraction of sp³-hybridized carbons (Fsp3) is 0.625. The summed E-state index contributed by atoms with van der Waals surface area (Å²) >= 11 is 0. The third kappa shape index (κ3) is 4.68. The van der Waals surface area contributed by atoms with E-state index >= 15 is 0 Å². The van der Waals surface area contributed by atoms with Crippen molar-refractivity contribution in [1.29, 1.82) is 0 Å². The molecule has 9 heteroatoms. The molecule has 138 valence electrons. The standard InChI is InChI=1S/C16H23N3O5S/c1-24-15-5-4-14(8-17-15)25(22,23)18-12-6-13(7-12)19(10-16(20)21)9-11-2-3-11/h4-5,8,11-13,18H,2-3,6-7,9-10H2,1H3,(H,20,21). The predicted molar refractivity (Wildman–Crippen MR) is 89.9 cm³/mol. The quantitative estimate of drug-likeness (QED) is 0.659. The Morgan fingerprint density at radius 2 is 2.12 bits per heavy atom. The molecule has 0 bridgehead atoms. The summed E-state index contributed by atoms with van der Waals surface area (Å²) in [5, 5.41) is 9.06. The topological polar surface area (TPSA) is 109 Å². The van der Waals surface area contributed by atoms with Crippen LogP contribution in [0.3, 0.4) is 0 Å². The lowest BCUT2D eigenvalue weighted by molar-refractivity contribution is -0.139. The van der Waals surface area contributed by atoms with Crippen LogP contribution in [0, 0.1) is 5.92 Å². The highest BCUT2D eigenvalue weighted by atomic mass is 32.2. The molecule has 0 saturated heterocycles. The number of methoxy groups -OCH3 is 1. The molecular weight excluding hydrogens is 346 g/mol. The van der Waals surface area contributed by atoms with Crippen molar-refractivity contribution in [1.82, 2.24) is 14.6 Å². The van der Waals surface area contributed by atoms with Gasteiger partial charge in [0.2, 0.25) is 15.9 Å². The summed E-state index contributed by atoms with van der Waals surface area (Å²) in [6.45, 7) is 0.807. The fourth-order valence-electron chi connectivity index (χ4n) is 3.06. The minimum absolute atomic E-state index is 0.0169. The van der Waals surface area contributed by atoms with E-state index in [9.17, 15) is 13.2 Å². The van der Waals surface area contributed by atoms with Gasteiger partial charge in [0, 0.05) is 24.7 Å². The number of carbonyl (C=O) groups is 1. The molecule has 0 spiro atoms. The predicted octanol–water partition coefficient (Wildman–Crippen LogP) is 0.696. The first-order valence-corrected chi connectivity index (χ1v) is 9.84. The Kier molecular flexibility index (Phi) is 5.26. The molecule has 8 nitrogen and oxygen atoms in total. The Balaban J connectivity index is 1.54. The van der Waals surface area contributed by atoms with Crippen LogP contribution in [0.1, 0.15) is 25.7 Å². The number of nitrogens with one attached hydrogen (secondary N) is 1. The Bertz CT molecular complexity index is 712. The number of carboxylic acid groups (broad SMARTS) is 1. The average Bonchev–Trinajstić information content (AvgIpc) is 3.33. The van der Waals surface area contributed by atoms with Crippen molar-refractivity contribution in [3.8, 4) is 5.88 Å². The monoisotopic (exact) mass is 369 g/mol. The van der Waals surface area contributed by atoms with E-state index in [0.29, 0.717) is 24.6 Å². The maximum atomic E-state index is 12.4. The summed E-state index contributed by atoms with van der Waals surface area (Å²) in [7, 11) is -2.17. The van der Waals surface area contributed by atoms with Gasteiger partial charge in [0.25, 0.3) is 0 Å². The summed E-state index contributed by atoms with van der Waals surface area (Å²) < 4.78 is 32.3. The number of pyridine rings is 1. The number of aliphatic carboxylic acids is 1. The van der Waals surface area contributed by atoms with Gasteiger partial charge in [-0.2, -0.15) is 0 Å². The summed E-state index contributed by atoms with van der Waals surface area (Å²) in [5.41, 5.74) is 0. The summed E-state index contributed by atoms with van der Waals surface area (Å²) in [6, 6.07) is 2.90. The summed E-state index contributed by atoms with van der Waals surface area (Å²) in [4.78, 5) is 17.0. The Labute approximate surface area is 147 Å². The Hall–Kier alpha value is -1.71. The highest BCUT2D eigenvalue weighted by Gasteiger charge is 2.38. The number of hydrogen-bond donors (Lipinski definition) is 2. The SMILES string of the molecule is COc1ccc(S(=O)(=O)NC2CC(N(CC(=O)O)CC3CC3)C2)cn1. The van der Waals surface area contributed by atoms with Crippen molar-refractivity contribution in [2.75, 3.05) is 20.2 Å². The molecule has 0 unspecified atom stereocenters. The van der Waals surface area contributed by atoms with Crippen molar-refractivity contribution in [3.05, 3.63) is 18.3 Å². The van der Waals surface area contributed by atoms with Crippen molar-refractivity contribution < 1.29 is 23.1 Å². The molecule has 1 aromatic rings. The van der Waals surface area contributed by atoms with Gasteiger partial charge in [-0.05, 0) is 37.7 Å². The van der Waals surface area contributed by atoms with Crippen LogP contribution in [0.5, 0.6) is 5.88 Å². The van der Waals surface area contributed by atoms with E-state index < -0.39 is 16.0 Å². The third-order valence-corrected chi connectivity index (χ3v) is 6.21. The minimum atomic E-state index is -3.63. The highest BCUT2D eigenvalue weighted by Crippen LogP contribution is 2.34. The van der Waals surface area contributed by atoms with E-state index in [1.54, 1.807) is 0 Å². The average molecular weight is 369 g/mol. The molecule has 0 amide bonds. The van der Waals surface area contributed by atoms with Crippen LogP contribution in [0.2, 0.25) is 0 Å². The zero-order chi connectivity index (χ0) is 18.0. The maximum absolute atomic E-state index is 12.4. The Morgan fingerprint density at radius 3 is 2.64 bits per heavy atom. The molecular formula is C16H23N3O5S. The number of ether oxygens (including phenoxy) is 1. The molecule has 25 heavy (non-hydrogen) atoms. The smallest absolute Gasteiger partial charge is 0.317 e. The van der Waals surface area contributed by atoms with E-state index in [1.165, 1.54) is 25.4 Å². The van der Waals surface area contributed by atoms with Gasteiger partial charge in [0.05, 0.1) is 19.9 Å². The van der Waals surface area contributed by atoms with Gasteiger partial charge in [0.1, 0.15) is 4.90 Å². The number of hydrogen-bond acceptors (Lipinski definition) is 6. The summed E-state index contributed by atoms with van der Waals surface area (Å²) in [5.74, 6) is 0.112. The van der Waals surface area contributed by atoms with Crippen LogP contribution in [0.4, 0.5) is 0 Å². The molecule has 3 rings (SSSR count). The number of rotatable bonds is 9. The largest absolute Gasteiger partial charge is 0.481 e. The third-order valence-electron chi connectivity index (χ3n) is 4.71. The second-order valence-corrected chi connectivity index (χ2v) is 8.46. The first kappa shape index (κ1) is 18.1. The first-order valence-electron chi connectivity index (χ1n) is 8.35. The van der Waals surface area contributed by atoms with Crippen molar-refractivity contribution in [2.45, 2.75) is 42.7 Å². The number of nitrogens with zero attached hydrogens (tertiary/aromatic N) is 2. The van der Waals surface area contributed by atoms with E-state index in [1.807, 2.05) is 4.90 Å². The van der Waals surface area contributed by atoms with Crippen LogP contribution >= 0.6 is 0 Å². The van der Waals surface area contributed by atoms with Crippen molar-refractivity contribution >= 4 is 16.0 Å². The zero-order valence-electron chi connectivity index (χ0n) is 14.1. The zero-order valence-corrected chi connectivity index (χ0v) is 14.9. The molecule has 0 aromatic carbocycles. The lowest BCUT2D eigenvalue weighted by atomic mass is 9.86. The van der Waals surface area contributed by atoms with Crippen LogP contribution in [0.25, 0.3) is 0 Å². The molecule has 2 fully saturated rings. The minimum Gasteiger partial charge on any atom is -0.481 e. The highest BCUT2D eigenvalue weighted by molar-refractivity contribution is 7.89. The van der Waals surface area contributed by atoms with E-state index in [2.05, 4.69) is 9.71 Å². The van der Waals surface area contributed by atoms with Crippen LogP contribution in [0.15, 0.2) is 23.2 Å². The van der Waals surface area contributed by atoms with Crippen molar-refractivity contribution in [2.24, 2.45) is 5.92 Å². The van der Waals surface area contributed by atoms with Gasteiger partial charge in [-0.15, -0.1) is 0 Å². The molecule has 0 radical (unpaired) electrons. The molecule has 2 aliphatic rings. The fourth-order valence-corrected chi connectivity index (χ4v) is 4.27. The van der Waals surface area contributed by atoms with E-state index in [-0.39, 0.29) is 23.5 Å². The second-order valence-electron chi connectivity index (χ2n) is 6.75. The maximum Gasteiger partial charge on any atom is 0.317 e. The van der Waals surface area contributed by atoms with Gasteiger partial charge < -0.3 is 9.84 Å². The molecule has 2 saturated carbocycles. The molecule has 2 N–H and O–H groups in total. The van der Waals surface area contributed by atoms with Gasteiger partial charge in [0.15, 0.2) is 0 Å². The lowest BCUT2D eigenvalue weighted by Gasteiger charge is -2.42. The van der Waals surface area contributed by atoms with Gasteiger partial charge in [-0.25, -0.2) is 18.1 Å². The molecule has 1 aromatic heterocycles.